The first-order valence-electron chi connectivity index (χ1n) is 10.1. The molecule has 2 N–H and O–H groups in total. The van der Waals surface area contributed by atoms with Crippen molar-refractivity contribution in [3.05, 3.63) is 23.9 Å². The fourth-order valence-corrected chi connectivity index (χ4v) is 3.12. The Balaban J connectivity index is 1.95. The molecule has 1 aromatic rings. The van der Waals surface area contributed by atoms with Crippen LogP contribution in [0.4, 0.5) is 5.82 Å². The number of anilines is 1. The zero-order valence-corrected chi connectivity index (χ0v) is 16.8. The molecule has 2 rings (SSSR count). The molecule has 26 heavy (non-hydrogen) atoms. The summed E-state index contributed by atoms with van der Waals surface area (Å²) < 4.78 is 0. The minimum absolute atomic E-state index is 0.653. The Hall–Kier alpha value is -1.82. The van der Waals surface area contributed by atoms with Crippen LogP contribution in [0.25, 0.3) is 0 Å². The van der Waals surface area contributed by atoms with Gasteiger partial charge in [-0.1, -0.05) is 32.3 Å². The Labute approximate surface area is 159 Å². The summed E-state index contributed by atoms with van der Waals surface area (Å²) in [5.74, 6) is 1.99. The molecule has 6 nitrogen and oxygen atoms in total. The molecule has 2 heterocycles. The number of aliphatic imine (C=N–C) groups is 1. The molecule has 0 aliphatic carbocycles. The van der Waals surface area contributed by atoms with Crippen molar-refractivity contribution in [3.8, 4) is 0 Å². The summed E-state index contributed by atoms with van der Waals surface area (Å²) in [6, 6.07) is 4.16. The average molecular weight is 361 g/mol. The molecule has 1 aliphatic rings. The highest BCUT2D eigenvalue weighted by Gasteiger charge is 2.17. The standard InChI is InChI=1S/C20H36N6/c1-4-6-7-8-11-23-20(21-5-2)24-17-18-10-9-12-22-19(18)26-15-13-25(3)14-16-26/h9-10,12H,4-8,11,13-17H2,1-3H3,(H2,21,23,24). The van der Waals surface area contributed by atoms with E-state index in [1.165, 1.54) is 31.2 Å². The molecule has 1 aliphatic heterocycles. The van der Waals surface area contributed by atoms with E-state index in [2.05, 4.69) is 52.4 Å². The van der Waals surface area contributed by atoms with Gasteiger partial charge in [-0.15, -0.1) is 0 Å². The van der Waals surface area contributed by atoms with E-state index in [0.29, 0.717) is 6.54 Å². The molecule has 146 valence electrons. The highest BCUT2D eigenvalue weighted by molar-refractivity contribution is 5.79. The SMILES string of the molecule is CCCCCCNC(=NCc1cccnc1N1CCN(C)CC1)NCC. The van der Waals surface area contributed by atoms with Crippen molar-refractivity contribution >= 4 is 11.8 Å². The maximum Gasteiger partial charge on any atom is 0.191 e. The molecular weight excluding hydrogens is 324 g/mol. The van der Waals surface area contributed by atoms with Gasteiger partial charge in [0, 0.05) is 51.0 Å². The van der Waals surface area contributed by atoms with Gasteiger partial charge >= 0.3 is 0 Å². The van der Waals surface area contributed by atoms with Gasteiger partial charge in [0.2, 0.25) is 0 Å². The maximum absolute atomic E-state index is 4.79. The highest BCUT2D eigenvalue weighted by atomic mass is 15.3. The normalized spacial score (nSPS) is 16.0. The predicted octanol–water partition coefficient (Wildman–Crippen LogP) is 2.47. The molecule has 0 spiro atoms. The summed E-state index contributed by atoms with van der Waals surface area (Å²) in [7, 11) is 2.18. The summed E-state index contributed by atoms with van der Waals surface area (Å²) in [6.07, 6.45) is 6.93. The predicted molar refractivity (Wildman–Crippen MR) is 111 cm³/mol. The summed E-state index contributed by atoms with van der Waals surface area (Å²) in [5.41, 5.74) is 1.19. The summed E-state index contributed by atoms with van der Waals surface area (Å²) in [5, 5.41) is 6.80. The zero-order chi connectivity index (χ0) is 18.6. The number of guanidine groups is 1. The lowest BCUT2D eigenvalue weighted by atomic mass is 10.2. The molecule has 0 unspecified atom stereocenters. The third-order valence-electron chi connectivity index (χ3n) is 4.74. The van der Waals surface area contributed by atoms with Crippen molar-refractivity contribution in [2.45, 2.75) is 46.1 Å². The quantitative estimate of drug-likeness (QED) is 0.402. The van der Waals surface area contributed by atoms with Gasteiger partial charge in [0.05, 0.1) is 6.54 Å². The van der Waals surface area contributed by atoms with Crippen molar-refractivity contribution in [2.24, 2.45) is 4.99 Å². The first-order valence-corrected chi connectivity index (χ1v) is 10.1. The molecule has 0 radical (unpaired) electrons. The van der Waals surface area contributed by atoms with E-state index in [4.69, 9.17) is 4.99 Å². The van der Waals surface area contributed by atoms with Crippen LogP contribution in [0.15, 0.2) is 23.3 Å². The molecule has 1 fully saturated rings. The van der Waals surface area contributed by atoms with Crippen molar-refractivity contribution in [1.29, 1.82) is 0 Å². The van der Waals surface area contributed by atoms with Gasteiger partial charge in [0.25, 0.3) is 0 Å². The molecule has 0 atom stereocenters. The van der Waals surface area contributed by atoms with Crippen LogP contribution in [0.5, 0.6) is 0 Å². The van der Waals surface area contributed by atoms with Crippen molar-refractivity contribution < 1.29 is 0 Å². The maximum atomic E-state index is 4.79. The Morgan fingerprint density at radius 2 is 1.92 bits per heavy atom. The minimum atomic E-state index is 0.653. The summed E-state index contributed by atoms with van der Waals surface area (Å²) in [4.78, 5) is 14.2. The number of nitrogens with zero attached hydrogens (tertiary/aromatic N) is 4. The van der Waals surface area contributed by atoms with Gasteiger partial charge in [0.15, 0.2) is 5.96 Å². The monoisotopic (exact) mass is 360 g/mol. The molecule has 0 bridgehead atoms. The van der Waals surface area contributed by atoms with Gasteiger partial charge in [0.1, 0.15) is 5.82 Å². The molecule has 0 aromatic carbocycles. The van der Waals surface area contributed by atoms with Gasteiger partial charge in [-0.05, 0) is 26.5 Å². The van der Waals surface area contributed by atoms with Gasteiger partial charge in [-0.3, -0.25) is 0 Å². The second-order valence-electron chi connectivity index (χ2n) is 6.96. The minimum Gasteiger partial charge on any atom is -0.357 e. The Morgan fingerprint density at radius 1 is 1.12 bits per heavy atom. The van der Waals surface area contributed by atoms with Crippen LogP contribution in [0.2, 0.25) is 0 Å². The van der Waals surface area contributed by atoms with Gasteiger partial charge < -0.3 is 20.4 Å². The number of piperazine rings is 1. The van der Waals surface area contributed by atoms with Crippen molar-refractivity contribution in [3.63, 3.8) is 0 Å². The number of likely N-dealkylation sites (N-methyl/N-ethyl adjacent to an activating group) is 1. The number of pyridine rings is 1. The van der Waals surface area contributed by atoms with Crippen molar-refractivity contribution in [2.75, 3.05) is 51.2 Å². The number of hydrogen-bond acceptors (Lipinski definition) is 4. The molecule has 1 aromatic heterocycles. The fourth-order valence-electron chi connectivity index (χ4n) is 3.12. The molecular formula is C20H36N6. The Kier molecular flexibility index (Phi) is 9.24. The lowest BCUT2D eigenvalue weighted by molar-refractivity contribution is 0.312. The van der Waals surface area contributed by atoms with E-state index in [-0.39, 0.29) is 0 Å². The first-order chi connectivity index (χ1) is 12.7. The van der Waals surface area contributed by atoms with Crippen molar-refractivity contribution in [1.82, 2.24) is 20.5 Å². The van der Waals surface area contributed by atoms with Crippen LogP contribution in [0.1, 0.15) is 45.1 Å². The van der Waals surface area contributed by atoms with Gasteiger partial charge in [-0.2, -0.15) is 0 Å². The van der Waals surface area contributed by atoms with Crippen LogP contribution >= 0.6 is 0 Å². The van der Waals surface area contributed by atoms with E-state index in [9.17, 15) is 0 Å². The number of nitrogens with one attached hydrogen (secondary N) is 2. The van der Waals surface area contributed by atoms with Crippen LogP contribution in [0.3, 0.4) is 0 Å². The third kappa shape index (κ3) is 6.83. The number of rotatable bonds is 9. The lowest BCUT2D eigenvalue weighted by Gasteiger charge is -2.34. The zero-order valence-electron chi connectivity index (χ0n) is 16.8. The second kappa shape index (κ2) is 11.7. The molecule has 0 amide bonds. The smallest absolute Gasteiger partial charge is 0.191 e. The second-order valence-corrected chi connectivity index (χ2v) is 6.96. The number of hydrogen-bond donors (Lipinski definition) is 2. The highest BCUT2D eigenvalue weighted by Crippen LogP contribution is 2.19. The Bertz CT molecular complexity index is 537. The number of aromatic nitrogens is 1. The van der Waals surface area contributed by atoms with E-state index < -0.39 is 0 Å². The van der Waals surface area contributed by atoms with Crippen LogP contribution in [-0.2, 0) is 6.54 Å². The van der Waals surface area contributed by atoms with Gasteiger partial charge in [-0.25, -0.2) is 9.98 Å². The summed E-state index contributed by atoms with van der Waals surface area (Å²) >= 11 is 0. The third-order valence-corrected chi connectivity index (χ3v) is 4.74. The largest absolute Gasteiger partial charge is 0.357 e. The first kappa shape index (κ1) is 20.5. The van der Waals surface area contributed by atoms with Crippen LogP contribution in [0, 0.1) is 0 Å². The van der Waals surface area contributed by atoms with E-state index in [1.54, 1.807) is 0 Å². The van der Waals surface area contributed by atoms with E-state index in [0.717, 1.165) is 51.0 Å². The van der Waals surface area contributed by atoms with Crippen LogP contribution < -0.4 is 15.5 Å². The lowest BCUT2D eigenvalue weighted by Crippen LogP contribution is -2.45. The van der Waals surface area contributed by atoms with E-state index >= 15 is 0 Å². The average Bonchev–Trinajstić information content (AvgIpc) is 2.67. The fraction of sp³-hybridized carbons (Fsp3) is 0.700. The topological polar surface area (TPSA) is 55.8 Å². The molecule has 1 saturated heterocycles. The summed E-state index contributed by atoms with van der Waals surface area (Å²) in [6.45, 7) is 11.1. The Morgan fingerprint density at radius 3 is 2.65 bits per heavy atom. The molecule has 6 heteroatoms. The molecule has 0 saturated carbocycles. The van der Waals surface area contributed by atoms with Crippen LogP contribution in [-0.4, -0.2) is 62.2 Å². The number of unbranched alkanes of at least 4 members (excludes halogenated alkanes) is 3. The van der Waals surface area contributed by atoms with E-state index in [1.807, 2.05) is 12.3 Å².